The molecule has 4 rings (SSSR count). The summed E-state index contributed by atoms with van der Waals surface area (Å²) in [6.07, 6.45) is 2.80. The Morgan fingerprint density at radius 3 is 2.40 bits per heavy atom. The fourth-order valence-electron chi connectivity index (χ4n) is 5.41. The number of aromatic nitrogens is 1. The quantitative estimate of drug-likeness (QED) is 0.145. The van der Waals surface area contributed by atoms with Crippen molar-refractivity contribution in [2.24, 2.45) is 21.3 Å². The van der Waals surface area contributed by atoms with Gasteiger partial charge in [-0.25, -0.2) is 4.68 Å². The van der Waals surface area contributed by atoms with Crippen molar-refractivity contribution in [2.75, 3.05) is 19.6 Å². The van der Waals surface area contributed by atoms with Crippen LogP contribution in [0, 0.1) is 12.8 Å². The molecule has 2 aromatic rings. The maximum atomic E-state index is 13.4. The van der Waals surface area contributed by atoms with Crippen molar-refractivity contribution >= 4 is 21.8 Å². The Bertz CT molecular complexity index is 1600. The van der Waals surface area contributed by atoms with Crippen molar-refractivity contribution in [2.45, 2.75) is 64.6 Å². The molecule has 1 saturated carbocycles. The zero-order chi connectivity index (χ0) is 31.1. The number of fused-ring (bicyclic) bond motifs is 1. The second-order valence-corrected chi connectivity index (χ2v) is 11.1. The standard InChI is InChI=1S/C25H30BrN13O4/c1-13-7-16(9-32-35-27)39(30)24(41)18(13)10-31-23(40)17-8-20(26)22-21(19(17)11-33-36-28)42-25(43-22)14-3-5-15(6-4-14)38(2)12-34-37-29/h7-8,14-15,25H,3-6,9-12,30H2,1-2H3,(H,31,40)/t14-,15-,25?. The zero-order valence-corrected chi connectivity index (χ0v) is 25.1. The fraction of sp³-hybridized carbons (Fsp3) is 0.520. The maximum Gasteiger partial charge on any atom is 0.274 e. The number of nitrogens with one attached hydrogen (secondary N) is 1. The molecular formula is C25H30BrN13O4. The third-order valence-electron chi connectivity index (χ3n) is 7.76. The summed E-state index contributed by atoms with van der Waals surface area (Å²) < 4.78 is 13.9. The lowest BCUT2D eigenvalue weighted by atomic mass is 9.85. The number of amides is 1. The van der Waals surface area contributed by atoms with Crippen molar-refractivity contribution < 1.29 is 14.3 Å². The van der Waals surface area contributed by atoms with E-state index in [1.807, 2.05) is 11.9 Å². The molecule has 1 aliphatic heterocycles. The lowest BCUT2D eigenvalue weighted by Gasteiger charge is -2.35. The summed E-state index contributed by atoms with van der Waals surface area (Å²) in [6, 6.07) is 3.47. The van der Waals surface area contributed by atoms with Crippen LogP contribution < -0.4 is 26.2 Å². The van der Waals surface area contributed by atoms with Crippen LogP contribution in [0.2, 0.25) is 0 Å². The van der Waals surface area contributed by atoms with Crippen LogP contribution in [0.15, 0.2) is 36.7 Å². The third kappa shape index (κ3) is 6.91. The number of aryl methyl sites for hydroxylation is 1. The Kier molecular flexibility index (Phi) is 10.2. The number of nitrogens with two attached hydrogens (primary N) is 1. The van der Waals surface area contributed by atoms with Gasteiger partial charge in [0, 0.05) is 55.6 Å². The molecule has 43 heavy (non-hydrogen) atoms. The highest BCUT2D eigenvalue weighted by molar-refractivity contribution is 9.10. The van der Waals surface area contributed by atoms with Gasteiger partial charge < -0.3 is 20.6 Å². The van der Waals surface area contributed by atoms with Crippen LogP contribution in [0.25, 0.3) is 31.3 Å². The van der Waals surface area contributed by atoms with Gasteiger partial charge in [-0.1, -0.05) is 15.3 Å². The molecule has 2 heterocycles. The highest BCUT2D eigenvalue weighted by atomic mass is 79.9. The van der Waals surface area contributed by atoms with Crippen molar-refractivity contribution in [1.29, 1.82) is 0 Å². The smallest absolute Gasteiger partial charge is 0.274 e. The van der Waals surface area contributed by atoms with Crippen LogP contribution in [-0.2, 0) is 19.6 Å². The molecule has 226 valence electrons. The van der Waals surface area contributed by atoms with Gasteiger partial charge in [0.05, 0.1) is 24.2 Å². The predicted octanol–water partition coefficient (Wildman–Crippen LogP) is 5.04. The molecule has 1 unspecified atom stereocenters. The molecule has 1 aromatic carbocycles. The monoisotopic (exact) mass is 655 g/mol. The van der Waals surface area contributed by atoms with Gasteiger partial charge in [-0.2, -0.15) is 0 Å². The fourth-order valence-corrected chi connectivity index (χ4v) is 5.91. The molecule has 1 amide bonds. The summed E-state index contributed by atoms with van der Waals surface area (Å²) in [5.41, 5.74) is 27.4. The number of benzene rings is 1. The summed E-state index contributed by atoms with van der Waals surface area (Å²) >= 11 is 3.49. The normalized spacial score (nSPS) is 18.7. The second-order valence-electron chi connectivity index (χ2n) is 10.3. The topological polar surface area (TPSA) is 245 Å². The number of azide groups is 3. The van der Waals surface area contributed by atoms with E-state index in [0.29, 0.717) is 39.5 Å². The molecule has 1 aliphatic carbocycles. The molecule has 2 aliphatic rings. The van der Waals surface area contributed by atoms with Gasteiger partial charge >= 0.3 is 0 Å². The summed E-state index contributed by atoms with van der Waals surface area (Å²) in [4.78, 5) is 36.7. The number of nitrogens with zero attached hydrogens (tertiary/aromatic N) is 11. The van der Waals surface area contributed by atoms with Gasteiger partial charge in [0.15, 0.2) is 11.5 Å². The number of ether oxygens (including phenoxy) is 2. The van der Waals surface area contributed by atoms with Gasteiger partial charge in [-0.3, -0.25) is 14.5 Å². The molecule has 0 saturated heterocycles. The van der Waals surface area contributed by atoms with E-state index in [1.54, 1.807) is 19.1 Å². The van der Waals surface area contributed by atoms with Gasteiger partial charge in [-0.15, -0.1) is 0 Å². The summed E-state index contributed by atoms with van der Waals surface area (Å²) in [5.74, 6) is 6.19. The van der Waals surface area contributed by atoms with E-state index in [1.165, 1.54) is 0 Å². The minimum atomic E-state index is -0.590. The highest BCUT2D eigenvalue weighted by Gasteiger charge is 2.39. The zero-order valence-electron chi connectivity index (χ0n) is 23.6. The number of hydrogen-bond acceptors (Lipinski definition) is 9. The molecular weight excluding hydrogens is 626 g/mol. The van der Waals surface area contributed by atoms with Crippen LogP contribution >= 0.6 is 15.9 Å². The Hall–Kier alpha value is -4.59. The van der Waals surface area contributed by atoms with Crippen LogP contribution in [0.3, 0.4) is 0 Å². The summed E-state index contributed by atoms with van der Waals surface area (Å²) in [5, 5.41) is 13.5. The maximum absolute atomic E-state index is 13.4. The SMILES string of the molecule is Cc1cc(CN=[N+]=[N-])n(N)c(=O)c1CNC(=O)c1cc(Br)c2c(c1CN=[N+]=[N-])OC([C@H]1CC[C@H](N(C)CN=[N+]=[N-])CC1)O2. The molecule has 3 N–H and O–H groups in total. The average Bonchev–Trinajstić information content (AvgIpc) is 3.46. The van der Waals surface area contributed by atoms with E-state index in [-0.39, 0.29) is 42.7 Å². The van der Waals surface area contributed by atoms with Crippen LogP contribution in [0.5, 0.6) is 11.5 Å². The van der Waals surface area contributed by atoms with Crippen molar-refractivity contribution in [3.05, 3.63) is 86.2 Å². The number of carbonyl (C=O) groups excluding carboxylic acids is 1. The number of rotatable bonds is 11. The second kappa shape index (κ2) is 14.1. The Morgan fingerprint density at radius 2 is 1.72 bits per heavy atom. The number of pyridine rings is 1. The van der Waals surface area contributed by atoms with E-state index < -0.39 is 17.8 Å². The predicted molar refractivity (Wildman–Crippen MR) is 159 cm³/mol. The van der Waals surface area contributed by atoms with Crippen LogP contribution in [0.1, 0.15) is 58.4 Å². The van der Waals surface area contributed by atoms with E-state index in [0.717, 1.165) is 30.4 Å². The Labute approximate surface area is 253 Å². The van der Waals surface area contributed by atoms with Gasteiger partial charge in [0.1, 0.15) is 0 Å². The molecule has 0 spiro atoms. The molecule has 17 nitrogen and oxygen atoms in total. The molecule has 18 heteroatoms. The molecule has 0 bridgehead atoms. The first-order valence-electron chi connectivity index (χ1n) is 13.4. The molecule has 1 aromatic heterocycles. The van der Waals surface area contributed by atoms with Crippen molar-refractivity contribution in [3.8, 4) is 11.5 Å². The minimum absolute atomic E-state index is 0.0799. The number of hydrogen-bond donors (Lipinski definition) is 2. The van der Waals surface area contributed by atoms with E-state index in [2.05, 4.69) is 51.3 Å². The van der Waals surface area contributed by atoms with Crippen LogP contribution in [-0.4, -0.2) is 41.5 Å². The summed E-state index contributed by atoms with van der Waals surface area (Å²) in [6.45, 7) is 1.61. The van der Waals surface area contributed by atoms with Gasteiger partial charge in [0.2, 0.25) is 6.29 Å². The number of nitrogen functional groups attached to an aromatic ring is 1. The Morgan fingerprint density at radius 1 is 1.07 bits per heavy atom. The first-order chi connectivity index (χ1) is 20.7. The minimum Gasteiger partial charge on any atom is -0.450 e. The molecule has 1 fully saturated rings. The van der Waals surface area contributed by atoms with E-state index in [9.17, 15) is 9.59 Å². The number of carbonyl (C=O) groups is 1. The Balaban J connectivity index is 1.53. The van der Waals surface area contributed by atoms with Crippen LogP contribution in [0.4, 0.5) is 0 Å². The lowest BCUT2D eigenvalue weighted by molar-refractivity contribution is -0.0263. The molecule has 0 radical (unpaired) electrons. The first kappa shape index (κ1) is 31.3. The lowest BCUT2D eigenvalue weighted by Crippen LogP contribution is -2.39. The average molecular weight is 657 g/mol. The van der Waals surface area contributed by atoms with Crippen molar-refractivity contribution in [1.82, 2.24) is 14.9 Å². The molecule has 1 atom stereocenters. The summed E-state index contributed by atoms with van der Waals surface area (Å²) in [7, 11) is 1.93. The van der Waals surface area contributed by atoms with Gasteiger partial charge in [0.25, 0.3) is 11.5 Å². The van der Waals surface area contributed by atoms with E-state index in [4.69, 9.17) is 31.9 Å². The van der Waals surface area contributed by atoms with E-state index >= 15 is 0 Å². The number of halogens is 1. The highest BCUT2D eigenvalue weighted by Crippen LogP contribution is 2.48. The third-order valence-corrected chi connectivity index (χ3v) is 8.35. The first-order valence-corrected chi connectivity index (χ1v) is 14.2. The van der Waals surface area contributed by atoms with Crippen molar-refractivity contribution in [3.63, 3.8) is 0 Å². The van der Waals surface area contributed by atoms with Gasteiger partial charge in [-0.05, 0) is 89.9 Å². The largest absolute Gasteiger partial charge is 0.450 e.